The van der Waals surface area contributed by atoms with Crippen molar-refractivity contribution in [3.05, 3.63) is 34.4 Å². The van der Waals surface area contributed by atoms with Crippen molar-refractivity contribution in [3.63, 3.8) is 0 Å². The number of hydrogen-bond donors (Lipinski definition) is 3. The Balaban J connectivity index is 3.13. The summed E-state index contributed by atoms with van der Waals surface area (Å²) >= 11 is 4.62. The van der Waals surface area contributed by atoms with Gasteiger partial charge in [-0.3, -0.25) is 21.0 Å². The van der Waals surface area contributed by atoms with Gasteiger partial charge < -0.3 is 10.5 Å². The molecule has 0 amide bonds. The lowest BCUT2D eigenvalue weighted by Gasteiger charge is -2.07. The Labute approximate surface area is 142 Å². The highest BCUT2D eigenvalue weighted by Gasteiger charge is 2.18. The first-order valence-corrected chi connectivity index (χ1v) is 7.12. The first kappa shape index (κ1) is 19.0. The molecule has 0 heterocycles. The molecule has 0 aliphatic carbocycles. The van der Waals surface area contributed by atoms with E-state index in [0.717, 1.165) is 0 Å². The Kier molecular flexibility index (Phi) is 7.23. The van der Waals surface area contributed by atoms with Gasteiger partial charge >= 0.3 is 5.97 Å². The molecule has 4 N–H and O–H groups in total. The summed E-state index contributed by atoms with van der Waals surface area (Å²) in [5.41, 5.74) is 9.93. The molecule has 0 saturated heterocycles. The lowest BCUT2D eigenvalue weighted by Crippen LogP contribution is -2.30. The van der Waals surface area contributed by atoms with Gasteiger partial charge in [0.25, 0.3) is 5.69 Å². The van der Waals surface area contributed by atoms with Crippen LogP contribution in [0.15, 0.2) is 34.5 Å². The number of rotatable bonds is 7. The Bertz CT molecular complexity index is 703. The molecule has 0 fully saturated rings. The van der Waals surface area contributed by atoms with E-state index in [-0.39, 0.29) is 34.5 Å². The largest absolute Gasteiger partial charge is 0.461 e. The number of carbonyl (C=O) groups excluding carboxylic acids is 1. The normalized spacial score (nSPS) is 11.6. The van der Waals surface area contributed by atoms with Crippen LogP contribution < -0.4 is 16.6 Å². The van der Waals surface area contributed by atoms with E-state index in [1.165, 1.54) is 25.1 Å². The number of ether oxygens (including phenoxy) is 1. The van der Waals surface area contributed by atoms with E-state index in [0.29, 0.717) is 0 Å². The summed E-state index contributed by atoms with van der Waals surface area (Å²) in [6, 6.07) is 5.85. The zero-order valence-corrected chi connectivity index (χ0v) is 13.8. The van der Waals surface area contributed by atoms with Crippen molar-refractivity contribution < 1.29 is 14.5 Å². The molecule has 0 radical (unpaired) electrons. The second kappa shape index (κ2) is 9.15. The van der Waals surface area contributed by atoms with Crippen LogP contribution in [-0.4, -0.2) is 34.0 Å². The number of nitrogens with one attached hydrogen (secondary N) is 2. The second-order valence-electron chi connectivity index (χ2n) is 4.24. The summed E-state index contributed by atoms with van der Waals surface area (Å²) in [5, 5.41) is 18.5. The quantitative estimate of drug-likeness (QED) is 0.218. The first-order chi connectivity index (χ1) is 11.4. The number of benzene rings is 1. The summed E-state index contributed by atoms with van der Waals surface area (Å²) in [4.78, 5) is 22.4. The third kappa shape index (κ3) is 5.61. The molecule has 11 heteroatoms. The van der Waals surface area contributed by atoms with Crippen molar-refractivity contribution in [3.8, 4) is 0 Å². The lowest BCUT2D eigenvalue weighted by atomic mass is 10.2. The molecule has 0 aliphatic rings. The maximum Gasteiger partial charge on any atom is 0.360 e. The van der Waals surface area contributed by atoms with Crippen LogP contribution >= 0.6 is 12.2 Å². The van der Waals surface area contributed by atoms with Crippen molar-refractivity contribution in [1.82, 2.24) is 5.43 Å². The molecule has 0 atom stereocenters. The molecule has 1 aromatic rings. The van der Waals surface area contributed by atoms with Crippen LogP contribution in [0.25, 0.3) is 0 Å². The van der Waals surface area contributed by atoms with E-state index in [1.54, 1.807) is 13.0 Å². The van der Waals surface area contributed by atoms with E-state index in [2.05, 4.69) is 33.3 Å². The zero-order valence-electron chi connectivity index (χ0n) is 13.0. The minimum Gasteiger partial charge on any atom is -0.461 e. The third-order valence-electron chi connectivity index (χ3n) is 2.53. The number of para-hydroxylation sites is 2. The average molecular weight is 352 g/mol. The number of esters is 1. The highest BCUT2D eigenvalue weighted by molar-refractivity contribution is 7.80. The Morgan fingerprint density at radius 2 is 2.08 bits per heavy atom. The molecule has 10 nitrogen and oxygen atoms in total. The van der Waals surface area contributed by atoms with Gasteiger partial charge in [-0.25, -0.2) is 4.79 Å². The number of hydrazone groups is 2. The Morgan fingerprint density at radius 1 is 1.42 bits per heavy atom. The van der Waals surface area contributed by atoms with Crippen LogP contribution in [0.2, 0.25) is 0 Å². The van der Waals surface area contributed by atoms with Gasteiger partial charge in [-0.1, -0.05) is 12.1 Å². The maximum absolute atomic E-state index is 12.0. The second-order valence-corrected chi connectivity index (χ2v) is 4.68. The average Bonchev–Trinajstić information content (AvgIpc) is 2.53. The Hall–Kier alpha value is -3.08. The molecule has 0 bridgehead atoms. The summed E-state index contributed by atoms with van der Waals surface area (Å²) in [6.07, 6.45) is 0. The number of nitro benzene ring substituents is 1. The molecule has 0 spiro atoms. The smallest absolute Gasteiger partial charge is 0.360 e. The number of thiocarbonyl (C=S) groups is 1. The van der Waals surface area contributed by atoms with Crippen molar-refractivity contribution in [1.29, 1.82) is 0 Å². The molecule has 0 saturated carbocycles. The minimum atomic E-state index is -0.755. The number of hydrogen-bond acceptors (Lipinski definition) is 8. The number of nitro groups is 1. The van der Waals surface area contributed by atoms with Gasteiger partial charge in [0, 0.05) is 6.07 Å². The van der Waals surface area contributed by atoms with E-state index >= 15 is 0 Å². The summed E-state index contributed by atoms with van der Waals surface area (Å²) < 4.78 is 4.88. The molecular weight excluding hydrogens is 336 g/mol. The summed E-state index contributed by atoms with van der Waals surface area (Å²) in [5.74, 6) is -0.755. The van der Waals surface area contributed by atoms with Crippen LogP contribution in [0.4, 0.5) is 11.4 Å². The van der Waals surface area contributed by atoms with Crippen LogP contribution in [0.3, 0.4) is 0 Å². The van der Waals surface area contributed by atoms with Crippen LogP contribution in [0, 0.1) is 10.1 Å². The molecule has 0 aromatic heterocycles. The molecular formula is C13H16N6O4S. The van der Waals surface area contributed by atoms with E-state index < -0.39 is 10.9 Å². The molecule has 1 rings (SSSR count). The van der Waals surface area contributed by atoms with Crippen molar-refractivity contribution in [2.24, 2.45) is 15.9 Å². The molecule has 0 unspecified atom stereocenters. The molecule has 24 heavy (non-hydrogen) atoms. The predicted molar refractivity (Wildman–Crippen MR) is 93.8 cm³/mol. The van der Waals surface area contributed by atoms with Gasteiger partial charge in [-0.2, -0.15) is 10.2 Å². The summed E-state index contributed by atoms with van der Waals surface area (Å²) in [6.45, 7) is 3.23. The van der Waals surface area contributed by atoms with Crippen LogP contribution in [0.1, 0.15) is 13.8 Å². The highest BCUT2D eigenvalue weighted by atomic mass is 32.1. The fourth-order valence-corrected chi connectivity index (χ4v) is 1.55. The zero-order chi connectivity index (χ0) is 18.1. The number of nitrogens with zero attached hydrogens (tertiary/aromatic N) is 3. The molecule has 0 aliphatic heterocycles. The number of carbonyl (C=O) groups is 1. The maximum atomic E-state index is 12.0. The lowest BCUT2D eigenvalue weighted by molar-refractivity contribution is -0.384. The first-order valence-electron chi connectivity index (χ1n) is 6.71. The SMILES string of the molecule is CCOC(=O)/C(=N\Nc1ccccc1[N+](=O)[O-])C(C)=NNC(N)=S. The number of nitrogens with two attached hydrogens (primary N) is 1. The Morgan fingerprint density at radius 3 is 2.67 bits per heavy atom. The van der Waals surface area contributed by atoms with Crippen LogP contribution in [0.5, 0.6) is 0 Å². The third-order valence-corrected chi connectivity index (χ3v) is 2.63. The van der Waals surface area contributed by atoms with E-state index in [9.17, 15) is 14.9 Å². The minimum absolute atomic E-state index is 0.0933. The van der Waals surface area contributed by atoms with Gasteiger partial charge in [0.1, 0.15) is 5.69 Å². The fraction of sp³-hybridized carbons (Fsp3) is 0.231. The number of anilines is 1. The van der Waals surface area contributed by atoms with Gasteiger partial charge in [-0.15, -0.1) is 0 Å². The van der Waals surface area contributed by atoms with Crippen molar-refractivity contribution in [2.45, 2.75) is 13.8 Å². The molecule has 1 aromatic carbocycles. The highest BCUT2D eigenvalue weighted by Crippen LogP contribution is 2.23. The van der Waals surface area contributed by atoms with E-state index in [4.69, 9.17) is 10.5 Å². The van der Waals surface area contributed by atoms with Gasteiger partial charge in [-0.05, 0) is 32.1 Å². The van der Waals surface area contributed by atoms with Crippen LogP contribution in [-0.2, 0) is 9.53 Å². The summed E-state index contributed by atoms with van der Waals surface area (Å²) in [7, 11) is 0. The fourth-order valence-electron chi connectivity index (χ4n) is 1.51. The van der Waals surface area contributed by atoms with Crippen molar-refractivity contribution >= 4 is 46.1 Å². The van der Waals surface area contributed by atoms with Gasteiger partial charge in [0.2, 0.25) is 0 Å². The van der Waals surface area contributed by atoms with Gasteiger partial charge in [0.15, 0.2) is 10.8 Å². The monoisotopic (exact) mass is 352 g/mol. The van der Waals surface area contributed by atoms with Gasteiger partial charge in [0.05, 0.1) is 17.2 Å². The predicted octanol–water partition coefficient (Wildman–Crippen LogP) is 1.13. The van der Waals surface area contributed by atoms with Crippen molar-refractivity contribution in [2.75, 3.05) is 12.0 Å². The molecule has 128 valence electrons. The topological polar surface area (TPSA) is 144 Å². The van der Waals surface area contributed by atoms with E-state index in [1.807, 2.05) is 0 Å². The standard InChI is InChI=1S/C13H16N6O4S/c1-3-23-12(20)11(8(2)15-18-13(14)24)17-16-9-6-4-5-7-10(9)19(21)22/h4-7,16H,3H2,1-2H3,(H3,14,18,24)/b15-8?,17-11-.